The summed E-state index contributed by atoms with van der Waals surface area (Å²) in [5, 5.41) is 10.1. The molecule has 0 unspecified atom stereocenters. The molecule has 10 aromatic carbocycles. The Kier molecular flexibility index (Phi) is 7.56. The van der Waals surface area contributed by atoms with Gasteiger partial charge in [-0.25, -0.2) is 0 Å². The second-order valence-corrected chi connectivity index (χ2v) is 18.0. The van der Waals surface area contributed by atoms with Crippen molar-refractivity contribution in [1.29, 1.82) is 0 Å². The van der Waals surface area contributed by atoms with Crippen LogP contribution in [-0.4, -0.2) is 13.7 Å². The van der Waals surface area contributed by atoms with Crippen LogP contribution < -0.4 is 0 Å². The van der Waals surface area contributed by atoms with Gasteiger partial charge in [-0.15, -0.1) is 11.3 Å². The maximum Gasteiger partial charge on any atom is 0.0641 e. The van der Waals surface area contributed by atoms with E-state index in [1.54, 1.807) is 0 Å². The van der Waals surface area contributed by atoms with Crippen molar-refractivity contribution in [2.75, 3.05) is 0 Å². The Hall–Kier alpha value is -8.18. The lowest BCUT2D eigenvalue weighted by atomic mass is 10.0. The lowest BCUT2D eigenvalue weighted by Gasteiger charge is -2.11. The summed E-state index contributed by atoms with van der Waals surface area (Å²) in [4.78, 5) is 0. The third kappa shape index (κ3) is 5.15. The summed E-state index contributed by atoms with van der Waals surface area (Å²) in [7, 11) is 0. The van der Waals surface area contributed by atoms with E-state index in [1.807, 2.05) is 11.3 Å². The molecule has 4 aromatic heterocycles. The predicted molar refractivity (Wildman–Crippen MR) is 273 cm³/mol. The van der Waals surface area contributed by atoms with Crippen LogP contribution in [-0.2, 0) is 0 Å². The molecular formula is C60H37N3S. The van der Waals surface area contributed by atoms with Crippen LogP contribution in [0.1, 0.15) is 0 Å². The SMILES string of the molecule is c1ccc(-c2cccc(-n3c4ccccc4c4c3ccc3c5ccccc5n(-c5ccc6sc7ccc(-c8ccc9c(c8)c8ccccc8n9-c8ccccc8)cc7c6c5)c34)c2)cc1. The van der Waals surface area contributed by atoms with Gasteiger partial charge < -0.3 is 13.7 Å². The number of hydrogen-bond acceptors (Lipinski definition) is 1. The van der Waals surface area contributed by atoms with E-state index in [1.165, 1.54) is 114 Å². The molecule has 0 N–H and O–H groups in total. The molecule has 0 aliphatic heterocycles. The molecule has 3 nitrogen and oxygen atoms in total. The van der Waals surface area contributed by atoms with E-state index in [9.17, 15) is 0 Å². The lowest BCUT2D eigenvalue weighted by Crippen LogP contribution is -1.95. The second-order valence-electron chi connectivity index (χ2n) is 16.9. The van der Waals surface area contributed by atoms with Gasteiger partial charge in [0.2, 0.25) is 0 Å². The standard InChI is InChI=1S/C60H37N3S/c1-3-14-38(15-4-1)39-16-13-19-43(34-39)62-54-25-12-9-22-48(54)59-56(62)31-29-47-45-20-7-11-24-53(45)63(60(47)59)44-28-33-58-51(37-44)50-36-41(27-32-57(50)64-58)40-26-30-55-49(35-40)46-21-8-10-23-52(46)61(55)42-17-5-2-6-18-42/h1-37H. The minimum absolute atomic E-state index is 1.15. The van der Waals surface area contributed by atoms with E-state index in [2.05, 4.69) is 238 Å². The van der Waals surface area contributed by atoms with E-state index >= 15 is 0 Å². The Morgan fingerprint density at radius 2 is 0.750 bits per heavy atom. The highest BCUT2D eigenvalue weighted by Crippen LogP contribution is 2.44. The molecule has 0 saturated carbocycles. The molecule has 0 aliphatic rings. The fourth-order valence-corrected chi connectivity index (χ4v) is 11.7. The highest BCUT2D eigenvalue weighted by Gasteiger charge is 2.22. The average molecular weight is 832 g/mol. The first-order valence-electron chi connectivity index (χ1n) is 21.9. The summed E-state index contributed by atoms with van der Waals surface area (Å²) in [6, 6.07) is 82.7. The smallest absolute Gasteiger partial charge is 0.0641 e. The fraction of sp³-hybridized carbons (Fsp3) is 0. The molecular weight excluding hydrogens is 795 g/mol. The van der Waals surface area contributed by atoms with E-state index in [4.69, 9.17) is 0 Å². The van der Waals surface area contributed by atoms with Crippen molar-refractivity contribution in [3.05, 3.63) is 224 Å². The highest BCUT2D eigenvalue weighted by molar-refractivity contribution is 7.25. The van der Waals surface area contributed by atoms with Crippen LogP contribution in [0.3, 0.4) is 0 Å². The van der Waals surface area contributed by atoms with E-state index in [-0.39, 0.29) is 0 Å². The van der Waals surface area contributed by atoms with Crippen molar-refractivity contribution in [2.45, 2.75) is 0 Å². The highest BCUT2D eigenvalue weighted by atomic mass is 32.1. The van der Waals surface area contributed by atoms with Crippen molar-refractivity contribution < 1.29 is 0 Å². The van der Waals surface area contributed by atoms with Crippen LogP contribution in [0.4, 0.5) is 0 Å². The zero-order chi connectivity index (χ0) is 41.9. The van der Waals surface area contributed by atoms with Gasteiger partial charge in [-0.3, -0.25) is 0 Å². The van der Waals surface area contributed by atoms with Crippen molar-refractivity contribution >= 4 is 96.9 Å². The number of fused-ring (bicyclic) bond motifs is 13. The molecule has 0 bridgehead atoms. The average Bonchev–Trinajstić information content (AvgIpc) is 4.10. The first-order chi connectivity index (χ1) is 31.7. The van der Waals surface area contributed by atoms with Crippen molar-refractivity contribution in [3.8, 4) is 39.3 Å². The first kappa shape index (κ1) is 35.4. The predicted octanol–water partition coefficient (Wildman–Crippen LogP) is 16.7. The Balaban J connectivity index is 0.973. The van der Waals surface area contributed by atoms with Gasteiger partial charge in [0.15, 0.2) is 0 Å². The molecule has 14 aromatic rings. The van der Waals surface area contributed by atoms with E-state index in [0.29, 0.717) is 0 Å². The number of rotatable bonds is 5. The van der Waals surface area contributed by atoms with Crippen molar-refractivity contribution in [2.24, 2.45) is 0 Å². The van der Waals surface area contributed by atoms with Gasteiger partial charge in [0, 0.05) is 69.6 Å². The lowest BCUT2D eigenvalue weighted by molar-refractivity contribution is 1.18. The van der Waals surface area contributed by atoms with Crippen molar-refractivity contribution in [1.82, 2.24) is 13.7 Å². The quantitative estimate of drug-likeness (QED) is 0.164. The molecule has 0 spiro atoms. The van der Waals surface area contributed by atoms with Crippen LogP contribution in [0.15, 0.2) is 224 Å². The molecule has 64 heavy (non-hydrogen) atoms. The number of hydrogen-bond donors (Lipinski definition) is 0. The molecule has 4 heterocycles. The van der Waals surface area contributed by atoms with Crippen LogP contribution in [0.2, 0.25) is 0 Å². The monoisotopic (exact) mass is 831 g/mol. The summed E-state index contributed by atoms with van der Waals surface area (Å²) in [6.07, 6.45) is 0. The number of thiophene rings is 1. The van der Waals surface area contributed by atoms with E-state index < -0.39 is 0 Å². The molecule has 0 radical (unpaired) electrons. The summed E-state index contributed by atoms with van der Waals surface area (Å²) < 4.78 is 9.94. The number of nitrogens with zero attached hydrogens (tertiary/aromatic N) is 3. The van der Waals surface area contributed by atoms with Crippen LogP contribution >= 0.6 is 11.3 Å². The summed E-state index contributed by atoms with van der Waals surface area (Å²) in [5.74, 6) is 0. The van der Waals surface area contributed by atoms with Crippen LogP contribution in [0, 0.1) is 0 Å². The molecule has 298 valence electrons. The van der Waals surface area contributed by atoms with Gasteiger partial charge >= 0.3 is 0 Å². The van der Waals surface area contributed by atoms with Crippen molar-refractivity contribution in [3.63, 3.8) is 0 Å². The largest absolute Gasteiger partial charge is 0.309 e. The fourth-order valence-electron chi connectivity index (χ4n) is 10.6. The zero-order valence-electron chi connectivity index (χ0n) is 34.6. The maximum atomic E-state index is 2.52. The molecule has 0 aliphatic carbocycles. The molecule has 4 heteroatoms. The minimum Gasteiger partial charge on any atom is -0.309 e. The third-order valence-electron chi connectivity index (χ3n) is 13.4. The van der Waals surface area contributed by atoms with Crippen LogP contribution in [0.25, 0.3) is 125 Å². The van der Waals surface area contributed by atoms with Gasteiger partial charge in [0.1, 0.15) is 0 Å². The molecule has 0 atom stereocenters. The zero-order valence-corrected chi connectivity index (χ0v) is 35.4. The number of benzene rings is 10. The molecule has 0 saturated heterocycles. The molecule has 0 fully saturated rings. The Labute approximate surface area is 372 Å². The molecule has 14 rings (SSSR count). The minimum atomic E-state index is 1.15. The van der Waals surface area contributed by atoms with Crippen LogP contribution in [0.5, 0.6) is 0 Å². The summed E-state index contributed by atoms with van der Waals surface area (Å²) in [5.41, 5.74) is 15.6. The number of para-hydroxylation sites is 4. The first-order valence-corrected chi connectivity index (χ1v) is 22.7. The summed E-state index contributed by atoms with van der Waals surface area (Å²) >= 11 is 1.87. The Bertz CT molecular complexity index is 4180. The second kappa shape index (κ2) is 13.7. The maximum absolute atomic E-state index is 2.52. The van der Waals surface area contributed by atoms with Gasteiger partial charge in [-0.2, -0.15) is 0 Å². The number of aromatic nitrogens is 3. The third-order valence-corrected chi connectivity index (χ3v) is 14.6. The topological polar surface area (TPSA) is 14.8 Å². The molecule has 0 amide bonds. The Morgan fingerprint density at radius 1 is 0.250 bits per heavy atom. The van der Waals surface area contributed by atoms with Gasteiger partial charge in [-0.05, 0) is 113 Å². The van der Waals surface area contributed by atoms with Gasteiger partial charge in [-0.1, -0.05) is 133 Å². The Morgan fingerprint density at radius 3 is 1.53 bits per heavy atom. The summed E-state index contributed by atoms with van der Waals surface area (Å²) in [6.45, 7) is 0. The normalized spacial score (nSPS) is 12.1. The van der Waals surface area contributed by atoms with Gasteiger partial charge in [0.25, 0.3) is 0 Å². The van der Waals surface area contributed by atoms with Gasteiger partial charge in [0.05, 0.1) is 33.1 Å². The van der Waals surface area contributed by atoms with E-state index in [0.717, 1.165) is 11.4 Å².